The first-order chi connectivity index (χ1) is 24.1. The van der Waals surface area contributed by atoms with Crippen molar-refractivity contribution in [1.29, 1.82) is 0 Å². The van der Waals surface area contributed by atoms with Crippen molar-refractivity contribution in [1.82, 2.24) is 26.3 Å². The van der Waals surface area contributed by atoms with Crippen molar-refractivity contribution in [2.45, 2.75) is 108 Å². The van der Waals surface area contributed by atoms with Gasteiger partial charge in [0, 0.05) is 24.4 Å². The summed E-state index contributed by atoms with van der Waals surface area (Å²) in [6.07, 6.45) is -0.822. The number of rotatable bonds is 11. The molecule has 1 aromatic rings. The molecule has 4 aliphatic heterocycles. The van der Waals surface area contributed by atoms with Gasteiger partial charge in [0.2, 0.25) is 17.6 Å². The monoisotopic (exact) mass is 719 g/mol. The van der Waals surface area contributed by atoms with Crippen LogP contribution in [0.4, 0.5) is 13.6 Å². The van der Waals surface area contributed by atoms with Crippen molar-refractivity contribution in [2.75, 3.05) is 19.8 Å². The lowest BCUT2D eigenvalue weighted by atomic mass is 9.85. The number of likely N-dealkylation sites (tertiary alicyclic amines) is 1. The number of hydroxylamine groups is 1. The average molecular weight is 720 g/mol. The van der Waals surface area contributed by atoms with E-state index in [-0.39, 0.29) is 43.5 Å². The van der Waals surface area contributed by atoms with Gasteiger partial charge in [-0.1, -0.05) is 34.1 Å². The van der Waals surface area contributed by atoms with Gasteiger partial charge in [0.05, 0.1) is 31.5 Å². The smallest absolute Gasteiger partial charge is 0.444 e. The number of hydrogen-bond donors (Lipinski definition) is 4. The highest BCUT2D eigenvalue weighted by atomic mass is 19.3. The number of nitrogens with one attached hydrogen (secondary N) is 4. The first-order valence-corrected chi connectivity index (χ1v) is 17.1. The van der Waals surface area contributed by atoms with E-state index in [1.54, 1.807) is 26.8 Å². The highest BCUT2D eigenvalue weighted by molar-refractivity contribution is 6.38. The number of alkyl halides is 2. The quantitative estimate of drug-likeness (QED) is 0.246. The number of nitrogens with zero attached hydrogens (tertiary/aromatic N) is 1. The minimum Gasteiger partial charge on any atom is -0.444 e. The molecule has 3 fully saturated rings. The maximum absolute atomic E-state index is 14.5. The third-order valence-corrected chi connectivity index (χ3v) is 9.31. The van der Waals surface area contributed by atoms with Crippen LogP contribution in [-0.4, -0.2) is 96.4 Å². The van der Waals surface area contributed by atoms with Gasteiger partial charge in [-0.25, -0.2) is 4.79 Å². The molecule has 6 rings (SSSR count). The van der Waals surface area contributed by atoms with Gasteiger partial charge in [0.15, 0.2) is 11.5 Å². The minimum atomic E-state index is -3.81. The molecule has 5 atom stereocenters. The molecule has 4 N–H and O–H groups in total. The zero-order valence-corrected chi connectivity index (χ0v) is 28.8. The standard InChI is InChI=1S/C34H43F2N5O10/c1-5-6-21(26(42)29(44)37-19-8-9-19)38-28(43)23-15-33(14-22(40-51-33)18-7-10-24-25(13-18)50-34(35,36)49-24)17-41(23)30(45)27(32(2,3)4)39-31(46)48-20-11-12-47-16-20/h7,10,13-14,19-21,23,27,40H,5-6,8-9,11-12,15-17H2,1-4H3,(H,37,44)(H,38,43)(H,39,46)/t20-,21-,23-,27+,33-/m0/s1. The molecule has 17 heteroatoms. The molecular formula is C34H43F2N5O10. The van der Waals surface area contributed by atoms with Crippen LogP contribution in [0, 0.1) is 5.41 Å². The van der Waals surface area contributed by atoms with Gasteiger partial charge in [-0.2, -0.15) is 0 Å². The van der Waals surface area contributed by atoms with E-state index in [0.717, 1.165) is 12.8 Å². The lowest BCUT2D eigenvalue weighted by Gasteiger charge is -2.35. The third-order valence-electron chi connectivity index (χ3n) is 9.31. The van der Waals surface area contributed by atoms with Gasteiger partial charge >= 0.3 is 12.4 Å². The molecule has 4 amide bonds. The number of carbonyl (C=O) groups is 5. The largest absolute Gasteiger partial charge is 0.586 e. The minimum absolute atomic E-state index is 0.0637. The Kier molecular flexibility index (Phi) is 9.89. The molecule has 278 valence electrons. The number of benzene rings is 1. The molecule has 5 aliphatic rings. The summed E-state index contributed by atoms with van der Waals surface area (Å²) in [5.41, 5.74) is 1.39. The summed E-state index contributed by atoms with van der Waals surface area (Å²) >= 11 is 0. The zero-order valence-electron chi connectivity index (χ0n) is 28.8. The molecule has 1 spiro atoms. The maximum atomic E-state index is 14.5. The lowest BCUT2D eigenvalue weighted by Crippen LogP contribution is -2.59. The topological polar surface area (TPSA) is 183 Å². The van der Waals surface area contributed by atoms with Crippen molar-refractivity contribution in [3.8, 4) is 11.5 Å². The van der Waals surface area contributed by atoms with Gasteiger partial charge in [0.1, 0.15) is 23.8 Å². The number of halogens is 2. The van der Waals surface area contributed by atoms with Crippen LogP contribution in [0.3, 0.4) is 0 Å². The second-order valence-corrected chi connectivity index (χ2v) is 14.6. The predicted molar refractivity (Wildman–Crippen MR) is 173 cm³/mol. The fourth-order valence-electron chi connectivity index (χ4n) is 6.47. The van der Waals surface area contributed by atoms with Gasteiger partial charge < -0.3 is 39.8 Å². The van der Waals surface area contributed by atoms with Crippen molar-refractivity contribution < 1.29 is 56.5 Å². The molecule has 1 aliphatic carbocycles. The second kappa shape index (κ2) is 13.9. The number of hydrogen-bond acceptors (Lipinski definition) is 11. The predicted octanol–water partition coefficient (Wildman–Crippen LogP) is 2.29. The van der Waals surface area contributed by atoms with Crippen LogP contribution in [-0.2, 0) is 33.5 Å². The Morgan fingerprint density at radius 3 is 2.49 bits per heavy atom. The highest BCUT2D eigenvalue weighted by Gasteiger charge is 2.54. The Hall–Kier alpha value is -4.51. The molecule has 2 saturated heterocycles. The van der Waals surface area contributed by atoms with E-state index in [9.17, 15) is 32.8 Å². The fraction of sp³-hybridized carbons (Fsp3) is 0.618. The summed E-state index contributed by atoms with van der Waals surface area (Å²) in [5.74, 6) is -3.21. The van der Waals surface area contributed by atoms with Crippen LogP contribution in [0.25, 0.3) is 5.70 Å². The molecular weight excluding hydrogens is 676 g/mol. The molecule has 0 unspecified atom stereocenters. The normalized spacial score (nSPS) is 25.8. The molecule has 1 aromatic carbocycles. The number of fused-ring (bicyclic) bond motifs is 1. The summed E-state index contributed by atoms with van der Waals surface area (Å²) in [6, 6.07) is 0.592. The molecule has 0 radical (unpaired) electrons. The van der Waals surface area contributed by atoms with Crippen LogP contribution in [0.15, 0.2) is 24.3 Å². The summed E-state index contributed by atoms with van der Waals surface area (Å²) in [4.78, 5) is 74.6. The Bertz CT molecular complexity index is 1610. The van der Waals surface area contributed by atoms with Crippen molar-refractivity contribution in [2.24, 2.45) is 5.41 Å². The molecule has 1 saturated carbocycles. The Morgan fingerprint density at radius 2 is 1.82 bits per heavy atom. The van der Waals surface area contributed by atoms with Gasteiger partial charge in [-0.3, -0.25) is 29.5 Å². The molecule has 0 aromatic heterocycles. The summed E-state index contributed by atoms with van der Waals surface area (Å²) in [5, 5.41) is 8.04. The van der Waals surface area contributed by atoms with E-state index in [0.29, 0.717) is 30.7 Å². The van der Waals surface area contributed by atoms with Gasteiger partial charge in [-0.15, -0.1) is 8.78 Å². The number of Topliss-reactive ketones (excluding diaryl/α,β-unsaturated/α-hetero) is 1. The highest BCUT2D eigenvalue weighted by Crippen LogP contribution is 2.44. The molecule has 51 heavy (non-hydrogen) atoms. The molecule has 4 heterocycles. The van der Waals surface area contributed by atoms with Crippen LogP contribution >= 0.6 is 0 Å². The SMILES string of the molecule is CCC[C@H](NC(=O)[C@@H]1C[C@@]2(C=C(c3ccc4c(c3)OC(F)(F)O4)NO2)CN1C(=O)[C@@H](NC(=O)O[C@H]1CCOC1)C(C)(C)C)C(=O)C(=O)NC1CC1. The number of alkyl carbamates (subject to hydrolysis) is 1. The second-order valence-electron chi connectivity index (χ2n) is 14.6. The van der Waals surface area contributed by atoms with Crippen LogP contribution < -0.4 is 30.9 Å². The maximum Gasteiger partial charge on any atom is 0.586 e. The number of amides is 4. The van der Waals surface area contributed by atoms with Crippen molar-refractivity contribution in [3.05, 3.63) is 29.8 Å². The Labute approximate surface area is 293 Å². The third kappa shape index (κ3) is 8.19. The summed E-state index contributed by atoms with van der Waals surface area (Å²) in [6.45, 7) is 7.56. The zero-order chi connectivity index (χ0) is 36.7. The van der Waals surface area contributed by atoms with E-state index in [2.05, 4.69) is 30.9 Å². The van der Waals surface area contributed by atoms with Gasteiger partial charge in [-0.05, 0) is 49.0 Å². The summed E-state index contributed by atoms with van der Waals surface area (Å²) in [7, 11) is 0. The first-order valence-electron chi connectivity index (χ1n) is 17.1. The number of carbonyl (C=O) groups excluding carboxylic acids is 5. The van der Waals surface area contributed by atoms with E-state index in [1.165, 1.54) is 23.1 Å². The lowest BCUT2D eigenvalue weighted by molar-refractivity contribution is -0.286. The van der Waals surface area contributed by atoms with E-state index < -0.39 is 71.1 Å². The number of ketones is 1. The Morgan fingerprint density at radius 1 is 1.08 bits per heavy atom. The Balaban J connectivity index is 1.27. The van der Waals surface area contributed by atoms with Crippen molar-refractivity contribution >= 4 is 35.3 Å². The molecule has 15 nitrogen and oxygen atoms in total. The molecule has 0 bridgehead atoms. The van der Waals surface area contributed by atoms with Crippen LogP contribution in [0.1, 0.15) is 71.8 Å². The van der Waals surface area contributed by atoms with Crippen molar-refractivity contribution in [3.63, 3.8) is 0 Å². The first kappa shape index (κ1) is 36.3. The average Bonchev–Trinajstić information content (AvgIpc) is 3.40. The van der Waals surface area contributed by atoms with Crippen LogP contribution in [0.5, 0.6) is 11.5 Å². The van der Waals surface area contributed by atoms with E-state index in [1.807, 2.05) is 6.92 Å². The van der Waals surface area contributed by atoms with Gasteiger partial charge in [0.25, 0.3) is 5.91 Å². The number of ether oxygens (including phenoxy) is 4. The van der Waals surface area contributed by atoms with Crippen LogP contribution in [0.2, 0.25) is 0 Å². The van der Waals surface area contributed by atoms with E-state index >= 15 is 0 Å². The fourth-order valence-corrected chi connectivity index (χ4v) is 6.47. The summed E-state index contributed by atoms with van der Waals surface area (Å²) < 4.78 is 47.2. The van der Waals surface area contributed by atoms with E-state index in [4.69, 9.17) is 14.3 Å².